The molecule has 3 unspecified atom stereocenters. The maximum absolute atomic E-state index is 12.6. The average Bonchev–Trinajstić information content (AvgIpc) is 3.13. The third kappa shape index (κ3) is 10.3. The second-order valence-electron chi connectivity index (χ2n) is 7.18. The lowest BCUT2D eigenvalue weighted by molar-refractivity contribution is 0.0472. The first-order valence-corrected chi connectivity index (χ1v) is 12.1. The Balaban J connectivity index is 0. The molecule has 0 N–H and O–H groups in total. The Kier molecular flexibility index (Phi) is 19.0. The summed E-state index contributed by atoms with van der Waals surface area (Å²) in [7, 11) is 2.12. The molecule has 2 aliphatic rings. The minimum atomic E-state index is -0.170. The fraction of sp³-hybridized carbons (Fsp3) is 0.692. The molecule has 2 saturated heterocycles. The van der Waals surface area contributed by atoms with Crippen LogP contribution in [0, 0.1) is 17.2 Å². The molecule has 2 aliphatic heterocycles. The molecule has 0 spiro atoms. The Morgan fingerprint density at radius 2 is 1.52 bits per heavy atom. The molecule has 0 aliphatic carbocycles. The van der Waals surface area contributed by atoms with E-state index in [2.05, 4.69) is 22.9 Å². The van der Waals surface area contributed by atoms with Gasteiger partial charge in [-0.05, 0) is 50.1 Å². The second kappa shape index (κ2) is 18.8. The SMILES string of the molecule is CC.CC.CC.CCC(C)CF.CN1CC2CCC(C1)N2C(=O)c1ccc(C#N)cc1. The number of nitrogens with zero attached hydrogens (tertiary/aromatic N) is 3. The predicted molar refractivity (Wildman–Crippen MR) is 131 cm³/mol. The van der Waals surface area contributed by atoms with Gasteiger partial charge in [-0.15, -0.1) is 0 Å². The quantitative estimate of drug-likeness (QED) is 0.540. The van der Waals surface area contributed by atoms with Gasteiger partial charge < -0.3 is 9.80 Å². The zero-order chi connectivity index (χ0) is 24.4. The van der Waals surface area contributed by atoms with Gasteiger partial charge in [0, 0.05) is 30.7 Å². The highest BCUT2D eigenvalue weighted by Crippen LogP contribution is 2.30. The minimum absolute atomic E-state index is 0.116. The normalized spacial score (nSPS) is 19.5. The first kappa shape index (κ1) is 31.3. The average molecular weight is 436 g/mol. The number of rotatable bonds is 3. The van der Waals surface area contributed by atoms with Crippen LogP contribution in [0.15, 0.2) is 24.3 Å². The summed E-state index contributed by atoms with van der Waals surface area (Å²) in [6.07, 6.45) is 3.17. The Labute approximate surface area is 191 Å². The van der Waals surface area contributed by atoms with Crippen LogP contribution >= 0.6 is 0 Å². The van der Waals surface area contributed by atoms with Gasteiger partial charge in [0.15, 0.2) is 0 Å². The zero-order valence-electron chi connectivity index (χ0n) is 21.4. The summed E-state index contributed by atoms with van der Waals surface area (Å²) in [4.78, 5) is 17.0. The highest BCUT2D eigenvalue weighted by Gasteiger charge is 2.41. The van der Waals surface area contributed by atoms with Crippen molar-refractivity contribution >= 4 is 5.91 Å². The van der Waals surface area contributed by atoms with Gasteiger partial charge in [0.05, 0.1) is 18.3 Å². The van der Waals surface area contributed by atoms with Crippen LogP contribution in [0.25, 0.3) is 0 Å². The number of hydrogen-bond donors (Lipinski definition) is 0. The molecule has 2 heterocycles. The van der Waals surface area contributed by atoms with Crippen molar-refractivity contribution in [2.75, 3.05) is 26.8 Å². The number of piperazine rings is 1. The van der Waals surface area contributed by atoms with Crippen LogP contribution in [0.3, 0.4) is 0 Å². The highest BCUT2D eigenvalue weighted by molar-refractivity contribution is 5.95. The summed E-state index contributed by atoms with van der Waals surface area (Å²) in [5.74, 6) is 0.384. The van der Waals surface area contributed by atoms with Gasteiger partial charge in [0.25, 0.3) is 5.91 Å². The molecule has 3 rings (SSSR count). The number of likely N-dealkylation sites (N-methyl/N-ethyl adjacent to an activating group) is 1. The van der Waals surface area contributed by atoms with E-state index in [1.165, 1.54) is 0 Å². The van der Waals surface area contributed by atoms with Crippen molar-refractivity contribution in [2.24, 2.45) is 5.92 Å². The van der Waals surface area contributed by atoms with Crippen LogP contribution in [-0.4, -0.2) is 54.6 Å². The molecule has 3 atom stereocenters. The lowest BCUT2D eigenvalue weighted by Crippen LogP contribution is -2.54. The van der Waals surface area contributed by atoms with Gasteiger partial charge in [-0.1, -0.05) is 61.8 Å². The number of alkyl halides is 1. The minimum Gasteiger partial charge on any atom is -0.330 e. The number of fused-ring (bicyclic) bond motifs is 2. The number of carbonyl (C=O) groups is 1. The van der Waals surface area contributed by atoms with E-state index < -0.39 is 0 Å². The van der Waals surface area contributed by atoms with Crippen LogP contribution in [-0.2, 0) is 0 Å². The largest absolute Gasteiger partial charge is 0.330 e. The molecule has 2 fully saturated rings. The van der Waals surface area contributed by atoms with Crippen molar-refractivity contribution in [3.63, 3.8) is 0 Å². The van der Waals surface area contributed by atoms with Crippen LogP contribution < -0.4 is 0 Å². The van der Waals surface area contributed by atoms with Crippen molar-refractivity contribution in [3.05, 3.63) is 35.4 Å². The van der Waals surface area contributed by atoms with Gasteiger partial charge in [0.1, 0.15) is 0 Å². The first-order valence-electron chi connectivity index (χ1n) is 12.1. The summed E-state index contributed by atoms with van der Waals surface area (Å²) in [6.45, 7) is 17.7. The summed E-state index contributed by atoms with van der Waals surface area (Å²) in [5.41, 5.74) is 1.29. The van der Waals surface area contributed by atoms with Crippen molar-refractivity contribution in [2.45, 2.75) is 86.7 Å². The van der Waals surface area contributed by atoms with E-state index >= 15 is 0 Å². The molecule has 0 aromatic heterocycles. The second-order valence-corrected chi connectivity index (χ2v) is 7.18. The number of nitriles is 1. The Hall–Kier alpha value is -1.93. The predicted octanol–water partition coefficient (Wildman–Crippen LogP) is 6.56. The molecule has 1 amide bonds. The first-order chi connectivity index (χ1) is 15.0. The number of benzene rings is 1. The van der Waals surface area contributed by atoms with E-state index in [0.29, 0.717) is 23.2 Å². The van der Waals surface area contributed by atoms with Gasteiger partial charge in [-0.2, -0.15) is 5.26 Å². The molecular formula is C26H46FN3O. The number of likely N-dealkylation sites (tertiary alicyclic amines) is 1. The van der Waals surface area contributed by atoms with E-state index in [0.717, 1.165) is 32.4 Å². The van der Waals surface area contributed by atoms with Gasteiger partial charge in [-0.25, -0.2) is 0 Å². The van der Waals surface area contributed by atoms with Crippen LogP contribution in [0.4, 0.5) is 4.39 Å². The van der Waals surface area contributed by atoms with E-state index in [1.54, 1.807) is 24.3 Å². The van der Waals surface area contributed by atoms with Crippen molar-refractivity contribution in [1.29, 1.82) is 5.26 Å². The molecule has 0 saturated carbocycles. The topological polar surface area (TPSA) is 47.3 Å². The van der Waals surface area contributed by atoms with Crippen molar-refractivity contribution in [3.8, 4) is 6.07 Å². The van der Waals surface area contributed by atoms with E-state index in [4.69, 9.17) is 5.26 Å². The Bertz CT molecular complexity index is 594. The van der Waals surface area contributed by atoms with Crippen LogP contribution in [0.5, 0.6) is 0 Å². The zero-order valence-corrected chi connectivity index (χ0v) is 21.4. The van der Waals surface area contributed by atoms with Crippen LogP contribution in [0.1, 0.15) is 90.6 Å². The number of hydrogen-bond acceptors (Lipinski definition) is 3. The Morgan fingerprint density at radius 3 is 1.84 bits per heavy atom. The lowest BCUT2D eigenvalue weighted by atomic mass is 10.1. The van der Waals surface area contributed by atoms with Gasteiger partial charge in [0.2, 0.25) is 0 Å². The van der Waals surface area contributed by atoms with Crippen molar-refractivity contribution in [1.82, 2.24) is 9.80 Å². The molecule has 4 nitrogen and oxygen atoms in total. The lowest BCUT2D eigenvalue weighted by Gasteiger charge is -2.39. The highest BCUT2D eigenvalue weighted by atomic mass is 19.1. The molecule has 178 valence electrons. The standard InChI is InChI=1S/C15H17N3O.C5H11F.3C2H6/c1-17-9-13-6-7-14(10-17)18(13)15(19)12-4-2-11(8-16)3-5-12;1-3-5(2)4-6;3*1-2/h2-5,13-14H,6-7,9-10H2,1H3;5H,3-4H2,1-2H3;3*1-2H3. The summed E-state index contributed by atoms with van der Waals surface area (Å²) in [5, 5.41) is 8.79. The molecule has 1 aromatic carbocycles. The summed E-state index contributed by atoms with van der Waals surface area (Å²) < 4.78 is 11.4. The molecule has 1 aromatic rings. The summed E-state index contributed by atoms with van der Waals surface area (Å²) >= 11 is 0. The van der Waals surface area contributed by atoms with E-state index in [1.807, 2.05) is 55.4 Å². The molecular weight excluding hydrogens is 389 g/mol. The molecule has 2 bridgehead atoms. The number of amides is 1. The molecule has 31 heavy (non-hydrogen) atoms. The Morgan fingerprint density at radius 1 is 1.06 bits per heavy atom. The number of carbonyl (C=O) groups excluding carboxylic acids is 1. The fourth-order valence-electron chi connectivity index (χ4n) is 3.39. The maximum atomic E-state index is 12.6. The van der Waals surface area contributed by atoms with Crippen LogP contribution in [0.2, 0.25) is 0 Å². The molecule has 5 heteroatoms. The van der Waals surface area contributed by atoms with E-state index in [-0.39, 0.29) is 18.5 Å². The maximum Gasteiger partial charge on any atom is 0.254 e. The number of halogens is 1. The third-order valence-corrected chi connectivity index (χ3v) is 5.12. The fourth-order valence-corrected chi connectivity index (χ4v) is 3.39. The van der Waals surface area contributed by atoms with Gasteiger partial charge in [-0.3, -0.25) is 9.18 Å². The van der Waals surface area contributed by atoms with E-state index in [9.17, 15) is 9.18 Å². The molecule has 0 radical (unpaired) electrons. The summed E-state index contributed by atoms with van der Waals surface area (Å²) in [6, 6.07) is 9.74. The monoisotopic (exact) mass is 435 g/mol. The van der Waals surface area contributed by atoms with Crippen molar-refractivity contribution < 1.29 is 9.18 Å². The van der Waals surface area contributed by atoms with Gasteiger partial charge >= 0.3 is 0 Å². The smallest absolute Gasteiger partial charge is 0.254 e. The third-order valence-electron chi connectivity index (χ3n) is 5.12.